The highest BCUT2D eigenvalue weighted by Crippen LogP contribution is 2.33. The number of phenolic OH excluding ortho intramolecular Hbond substituents is 1. The Bertz CT molecular complexity index is 745. The minimum Gasteiger partial charge on any atom is -0.508 e. The van der Waals surface area contributed by atoms with Crippen molar-refractivity contribution in [2.24, 2.45) is 0 Å². The van der Waals surface area contributed by atoms with Crippen LogP contribution in [-0.4, -0.2) is 11.1 Å². The summed E-state index contributed by atoms with van der Waals surface area (Å²) in [6.07, 6.45) is -4.54. The number of carbonyl (C=O) groups excluding carboxylic acids is 1. The summed E-state index contributed by atoms with van der Waals surface area (Å²) in [4.78, 5) is 11.7. The van der Waals surface area contributed by atoms with Gasteiger partial charge in [-0.15, -0.1) is 0 Å². The maximum atomic E-state index is 13.5. The van der Waals surface area contributed by atoms with Gasteiger partial charge in [-0.1, -0.05) is 6.07 Å². The molecule has 2 amide bonds. The number of anilines is 2. The van der Waals surface area contributed by atoms with Crippen LogP contribution in [0.5, 0.6) is 5.75 Å². The van der Waals surface area contributed by atoms with E-state index in [0.29, 0.717) is 0 Å². The number of urea groups is 1. The Morgan fingerprint density at radius 3 is 2.39 bits per heavy atom. The molecule has 0 aromatic heterocycles. The molecule has 2 aromatic carbocycles. The van der Waals surface area contributed by atoms with Crippen molar-refractivity contribution in [3.05, 3.63) is 53.3 Å². The second kappa shape index (κ2) is 6.15. The predicted molar refractivity (Wildman–Crippen MR) is 76.9 cm³/mol. The monoisotopic (exact) mass is 328 g/mol. The average Bonchev–Trinajstić information content (AvgIpc) is 2.43. The van der Waals surface area contributed by atoms with Gasteiger partial charge in [-0.3, -0.25) is 0 Å². The molecule has 0 bridgehead atoms. The molecule has 0 spiro atoms. The zero-order chi connectivity index (χ0) is 17.2. The molecule has 2 aromatic rings. The summed E-state index contributed by atoms with van der Waals surface area (Å²) >= 11 is 0. The van der Waals surface area contributed by atoms with Gasteiger partial charge in [-0.25, -0.2) is 9.18 Å². The third kappa shape index (κ3) is 4.12. The molecule has 3 N–H and O–H groups in total. The van der Waals surface area contributed by atoms with E-state index in [1.807, 2.05) is 0 Å². The number of benzene rings is 2. The number of phenols is 1. The van der Waals surface area contributed by atoms with E-state index in [4.69, 9.17) is 5.11 Å². The van der Waals surface area contributed by atoms with Crippen molar-refractivity contribution >= 4 is 17.4 Å². The molecule has 0 aliphatic carbocycles. The molecule has 0 aliphatic heterocycles. The molecule has 0 saturated carbocycles. The highest BCUT2D eigenvalue weighted by Gasteiger charge is 2.32. The maximum Gasteiger partial charge on any atom is 0.416 e. The van der Waals surface area contributed by atoms with Crippen LogP contribution in [0.1, 0.15) is 11.1 Å². The molecule has 0 fully saturated rings. The number of amides is 2. The largest absolute Gasteiger partial charge is 0.508 e. The van der Waals surface area contributed by atoms with E-state index in [1.165, 1.54) is 19.1 Å². The van der Waals surface area contributed by atoms with Gasteiger partial charge in [0.1, 0.15) is 11.6 Å². The van der Waals surface area contributed by atoms with Crippen LogP contribution in [0.2, 0.25) is 0 Å². The van der Waals surface area contributed by atoms with E-state index < -0.39 is 23.6 Å². The van der Waals surface area contributed by atoms with Gasteiger partial charge in [0.25, 0.3) is 0 Å². The topological polar surface area (TPSA) is 61.4 Å². The van der Waals surface area contributed by atoms with E-state index in [9.17, 15) is 22.4 Å². The Labute approximate surface area is 128 Å². The molecule has 8 heteroatoms. The van der Waals surface area contributed by atoms with Crippen LogP contribution in [0.15, 0.2) is 36.4 Å². The summed E-state index contributed by atoms with van der Waals surface area (Å²) in [5, 5.41) is 13.4. The Morgan fingerprint density at radius 1 is 1.09 bits per heavy atom. The smallest absolute Gasteiger partial charge is 0.416 e. The minimum absolute atomic E-state index is 0.0213. The molecule has 4 nitrogen and oxygen atoms in total. The van der Waals surface area contributed by atoms with Gasteiger partial charge < -0.3 is 15.7 Å². The van der Waals surface area contributed by atoms with E-state index >= 15 is 0 Å². The molecule has 0 radical (unpaired) electrons. The van der Waals surface area contributed by atoms with Gasteiger partial charge in [-0.05, 0) is 36.8 Å². The molecule has 0 unspecified atom stereocenters. The fourth-order valence-corrected chi connectivity index (χ4v) is 1.90. The van der Waals surface area contributed by atoms with Gasteiger partial charge in [-0.2, -0.15) is 13.2 Å². The number of hydrogen-bond acceptors (Lipinski definition) is 2. The Kier molecular flexibility index (Phi) is 4.44. The van der Waals surface area contributed by atoms with Crippen LogP contribution < -0.4 is 10.6 Å². The highest BCUT2D eigenvalue weighted by molar-refractivity contribution is 5.99. The molecular formula is C15H12F4N2O2. The van der Waals surface area contributed by atoms with Crippen molar-refractivity contribution in [1.82, 2.24) is 0 Å². The number of alkyl halides is 3. The number of nitrogens with one attached hydrogen (secondary N) is 2. The Morgan fingerprint density at radius 2 is 1.78 bits per heavy atom. The summed E-state index contributed by atoms with van der Waals surface area (Å²) in [5.74, 6) is -1.19. The molecule has 0 aliphatic rings. The summed E-state index contributed by atoms with van der Waals surface area (Å²) in [5.41, 5.74) is -1.15. The molecule has 0 saturated heterocycles. The normalized spacial score (nSPS) is 11.2. The summed E-state index contributed by atoms with van der Waals surface area (Å²) in [6, 6.07) is 5.49. The van der Waals surface area contributed by atoms with Crippen LogP contribution in [0.4, 0.5) is 33.7 Å². The lowest BCUT2D eigenvalue weighted by Crippen LogP contribution is -2.20. The molecule has 23 heavy (non-hydrogen) atoms. The zero-order valence-corrected chi connectivity index (χ0v) is 11.8. The predicted octanol–water partition coefficient (Wildman–Crippen LogP) is 4.50. The summed E-state index contributed by atoms with van der Waals surface area (Å²) < 4.78 is 51.9. The fourth-order valence-electron chi connectivity index (χ4n) is 1.90. The first-order valence-corrected chi connectivity index (χ1v) is 6.41. The Balaban J connectivity index is 2.14. The lowest BCUT2D eigenvalue weighted by Gasteiger charge is -2.13. The molecular weight excluding hydrogens is 316 g/mol. The molecule has 2 rings (SSSR count). The zero-order valence-electron chi connectivity index (χ0n) is 11.8. The van der Waals surface area contributed by atoms with Crippen molar-refractivity contribution in [3.63, 3.8) is 0 Å². The molecule has 0 heterocycles. The summed E-state index contributed by atoms with van der Waals surface area (Å²) in [7, 11) is 0. The van der Waals surface area contributed by atoms with E-state index in [2.05, 4.69) is 10.6 Å². The van der Waals surface area contributed by atoms with Crippen LogP contribution in [0.3, 0.4) is 0 Å². The van der Waals surface area contributed by atoms with Crippen LogP contribution in [0.25, 0.3) is 0 Å². The molecule has 0 atom stereocenters. The average molecular weight is 328 g/mol. The van der Waals surface area contributed by atoms with Crippen molar-refractivity contribution in [3.8, 4) is 5.75 Å². The van der Waals surface area contributed by atoms with Gasteiger partial charge in [0, 0.05) is 11.8 Å². The van der Waals surface area contributed by atoms with Crippen LogP contribution in [-0.2, 0) is 6.18 Å². The van der Waals surface area contributed by atoms with Gasteiger partial charge in [0.2, 0.25) is 0 Å². The third-order valence-corrected chi connectivity index (χ3v) is 3.00. The van der Waals surface area contributed by atoms with E-state index in [-0.39, 0.29) is 22.7 Å². The third-order valence-electron chi connectivity index (χ3n) is 3.00. The first kappa shape index (κ1) is 16.6. The van der Waals surface area contributed by atoms with Gasteiger partial charge >= 0.3 is 12.2 Å². The first-order chi connectivity index (χ1) is 10.7. The van der Waals surface area contributed by atoms with Gasteiger partial charge in [0.05, 0.1) is 11.3 Å². The maximum absolute atomic E-state index is 13.5. The number of rotatable bonds is 2. The standard InChI is InChI=1S/C15H12F4N2O2/c1-8-2-3-9(6-11(8)15(17,18)19)20-14(23)21-13-5-4-10(22)7-12(13)16/h2-7,22H,1H3,(H2,20,21,23). The lowest BCUT2D eigenvalue weighted by molar-refractivity contribution is -0.138. The highest BCUT2D eigenvalue weighted by atomic mass is 19.4. The number of aromatic hydroxyl groups is 1. The van der Waals surface area contributed by atoms with E-state index in [0.717, 1.165) is 24.3 Å². The SMILES string of the molecule is Cc1ccc(NC(=O)Nc2ccc(O)cc2F)cc1C(F)(F)F. The Hall–Kier alpha value is -2.77. The second-order valence-electron chi connectivity index (χ2n) is 4.77. The molecule has 122 valence electrons. The lowest BCUT2D eigenvalue weighted by atomic mass is 10.1. The quantitative estimate of drug-likeness (QED) is 0.561. The first-order valence-electron chi connectivity index (χ1n) is 6.41. The number of carbonyl (C=O) groups is 1. The number of halogens is 4. The van der Waals surface area contributed by atoms with Crippen molar-refractivity contribution in [1.29, 1.82) is 0 Å². The number of aryl methyl sites for hydroxylation is 1. The van der Waals surface area contributed by atoms with Crippen LogP contribution >= 0.6 is 0 Å². The van der Waals surface area contributed by atoms with Crippen LogP contribution in [0, 0.1) is 12.7 Å². The second-order valence-corrected chi connectivity index (χ2v) is 4.77. The van der Waals surface area contributed by atoms with Crippen molar-refractivity contribution < 1.29 is 27.5 Å². The minimum atomic E-state index is -4.54. The van der Waals surface area contributed by atoms with Crippen molar-refractivity contribution in [2.45, 2.75) is 13.1 Å². The summed E-state index contributed by atoms with van der Waals surface area (Å²) in [6.45, 7) is 1.30. The number of hydrogen-bond donors (Lipinski definition) is 3. The van der Waals surface area contributed by atoms with Gasteiger partial charge in [0.15, 0.2) is 0 Å². The van der Waals surface area contributed by atoms with E-state index in [1.54, 1.807) is 0 Å². The fraction of sp³-hybridized carbons (Fsp3) is 0.133. The van der Waals surface area contributed by atoms with Crippen molar-refractivity contribution in [2.75, 3.05) is 10.6 Å².